The Morgan fingerprint density at radius 1 is 1.33 bits per heavy atom. The Morgan fingerprint density at radius 3 is 2.73 bits per heavy atom. The van der Waals surface area contributed by atoms with E-state index < -0.39 is 0 Å². The Balaban J connectivity index is 2.17. The van der Waals surface area contributed by atoms with Gasteiger partial charge in [0.25, 0.3) is 0 Å². The predicted octanol–water partition coefficient (Wildman–Crippen LogP) is 3.90. The summed E-state index contributed by atoms with van der Waals surface area (Å²) in [4.78, 5) is 0. The van der Waals surface area contributed by atoms with Crippen LogP contribution in [0.5, 0.6) is 0 Å². The summed E-state index contributed by atoms with van der Waals surface area (Å²) in [6.45, 7) is 6.37. The summed E-state index contributed by atoms with van der Waals surface area (Å²) < 4.78 is 1.39. The number of rotatable bonds is 7. The Labute approximate surface area is 104 Å². The van der Waals surface area contributed by atoms with E-state index in [0.717, 1.165) is 0 Å². The van der Waals surface area contributed by atoms with Gasteiger partial charge in [0, 0.05) is 0 Å². The fraction of sp³-hybridized carbons (Fsp3) is 0.385. The molecule has 1 aromatic carbocycles. The minimum absolute atomic E-state index is 0.555. The molecule has 0 nitrogen and oxygen atoms in total. The molecule has 0 aliphatic rings. The van der Waals surface area contributed by atoms with Crippen molar-refractivity contribution in [3.05, 3.63) is 46.3 Å². The van der Waals surface area contributed by atoms with Gasteiger partial charge in [-0.15, -0.1) is 0 Å². The van der Waals surface area contributed by atoms with Gasteiger partial charge in [-0.25, -0.2) is 0 Å². The van der Waals surface area contributed by atoms with Crippen LogP contribution in [0.3, 0.4) is 0 Å². The van der Waals surface area contributed by atoms with Crippen LogP contribution in [0.15, 0.2) is 40.7 Å². The van der Waals surface area contributed by atoms with Crippen molar-refractivity contribution in [3.8, 4) is 0 Å². The van der Waals surface area contributed by atoms with Crippen molar-refractivity contribution in [2.45, 2.75) is 25.1 Å². The monoisotopic (exact) mass is 286 g/mol. The van der Waals surface area contributed by atoms with Gasteiger partial charge in [-0.1, -0.05) is 0 Å². The molecule has 82 valence electrons. The van der Waals surface area contributed by atoms with E-state index in [4.69, 9.17) is 0 Å². The van der Waals surface area contributed by atoms with Crippen molar-refractivity contribution >= 4 is 26.7 Å². The molecular weight excluding hydrogens is 267 g/mol. The third kappa shape index (κ3) is 6.09. The first-order valence-electron chi connectivity index (χ1n) is 5.31. The molecule has 0 bridgehead atoms. The molecule has 0 fully saturated rings. The molecular formula is C13H18SSe. The van der Waals surface area contributed by atoms with E-state index in [1.165, 1.54) is 33.3 Å². The quantitative estimate of drug-likeness (QED) is 0.541. The third-order valence-corrected chi connectivity index (χ3v) is 5.85. The van der Waals surface area contributed by atoms with Crippen molar-refractivity contribution in [3.63, 3.8) is 0 Å². The molecule has 15 heavy (non-hydrogen) atoms. The van der Waals surface area contributed by atoms with Gasteiger partial charge in [-0.2, -0.15) is 0 Å². The second-order valence-electron chi connectivity index (χ2n) is 3.35. The molecule has 0 spiro atoms. The summed E-state index contributed by atoms with van der Waals surface area (Å²) in [5.74, 6) is 1.24. The van der Waals surface area contributed by atoms with Gasteiger partial charge >= 0.3 is 104 Å². The van der Waals surface area contributed by atoms with Crippen LogP contribution < -0.4 is 0 Å². The Hall–Kier alpha value is -0.171. The van der Waals surface area contributed by atoms with Crippen LogP contribution in [0.2, 0.25) is 0 Å². The van der Waals surface area contributed by atoms with Crippen LogP contribution in [0.4, 0.5) is 0 Å². The van der Waals surface area contributed by atoms with Crippen LogP contribution in [-0.2, 0) is 5.32 Å². The molecule has 2 heteroatoms. The maximum atomic E-state index is 4.13. The number of thioether (sulfide) groups is 1. The molecule has 0 aromatic heterocycles. The van der Waals surface area contributed by atoms with Gasteiger partial charge in [0.1, 0.15) is 0 Å². The van der Waals surface area contributed by atoms with E-state index in [1.807, 2.05) is 11.8 Å². The van der Waals surface area contributed by atoms with E-state index in [2.05, 4.69) is 43.8 Å². The van der Waals surface area contributed by atoms with Crippen molar-refractivity contribution in [2.75, 3.05) is 5.75 Å². The second kappa shape index (κ2) is 8.04. The first-order valence-corrected chi connectivity index (χ1v) is 8.36. The summed E-state index contributed by atoms with van der Waals surface area (Å²) in [5.41, 5.74) is 1.44. The number of hydrogen-bond acceptors (Lipinski definition) is 1. The Bertz CT molecular complexity index is 282. The average Bonchev–Trinajstić information content (AvgIpc) is 2.28. The third-order valence-electron chi connectivity index (χ3n) is 2.00. The minimum atomic E-state index is 0.555. The van der Waals surface area contributed by atoms with E-state index in [-0.39, 0.29) is 0 Å². The molecule has 0 saturated heterocycles. The van der Waals surface area contributed by atoms with Crippen LogP contribution in [0.25, 0.3) is 0 Å². The molecule has 0 saturated carbocycles. The standard InChI is InChI=1S/C13H18SSe/c1-3-4-10-14-12(2)15-11-13-8-6-5-7-9-13/h5-9H,2-4,10-11H2,1H3. The number of benzene rings is 1. The first-order chi connectivity index (χ1) is 7.33. The van der Waals surface area contributed by atoms with Gasteiger partial charge in [0.05, 0.1) is 0 Å². The topological polar surface area (TPSA) is 0 Å². The Morgan fingerprint density at radius 2 is 2.07 bits per heavy atom. The van der Waals surface area contributed by atoms with Gasteiger partial charge in [-0.05, 0) is 0 Å². The zero-order valence-corrected chi connectivity index (χ0v) is 11.8. The SMILES string of the molecule is C=C(SCCCC)[Se]Cc1ccccc1. The summed E-state index contributed by atoms with van der Waals surface area (Å²) in [5, 5.41) is 1.19. The number of unbranched alkanes of at least 4 members (excludes halogenated alkanes) is 1. The molecule has 0 aliphatic carbocycles. The average molecular weight is 285 g/mol. The zero-order valence-electron chi connectivity index (χ0n) is 9.24. The van der Waals surface area contributed by atoms with Crippen molar-refractivity contribution in [1.29, 1.82) is 0 Å². The Kier molecular flexibility index (Phi) is 6.91. The molecule has 0 amide bonds. The molecule has 0 heterocycles. The molecule has 0 atom stereocenters. The van der Waals surface area contributed by atoms with E-state index in [1.54, 1.807) is 0 Å². The van der Waals surface area contributed by atoms with Crippen molar-refractivity contribution < 1.29 is 0 Å². The van der Waals surface area contributed by atoms with E-state index in [9.17, 15) is 0 Å². The fourth-order valence-corrected chi connectivity index (χ4v) is 4.30. The van der Waals surface area contributed by atoms with Crippen LogP contribution in [0.1, 0.15) is 25.3 Å². The maximum absolute atomic E-state index is 4.13. The molecule has 0 radical (unpaired) electrons. The van der Waals surface area contributed by atoms with E-state index in [0.29, 0.717) is 15.0 Å². The molecule has 0 N–H and O–H groups in total. The molecule has 1 aromatic rings. The molecule has 0 aliphatic heterocycles. The fourth-order valence-electron chi connectivity index (χ4n) is 1.11. The summed E-state index contributed by atoms with van der Waals surface area (Å²) >= 11 is 2.51. The summed E-state index contributed by atoms with van der Waals surface area (Å²) in [7, 11) is 0. The zero-order chi connectivity index (χ0) is 10.9. The van der Waals surface area contributed by atoms with Crippen molar-refractivity contribution in [1.82, 2.24) is 0 Å². The first kappa shape index (κ1) is 12.9. The molecule has 1 rings (SSSR count). The van der Waals surface area contributed by atoms with Gasteiger partial charge in [0.15, 0.2) is 0 Å². The normalized spacial score (nSPS) is 10.2. The summed E-state index contributed by atoms with van der Waals surface area (Å²) in [6, 6.07) is 10.7. The van der Waals surface area contributed by atoms with Gasteiger partial charge < -0.3 is 0 Å². The van der Waals surface area contributed by atoms with Crippen molar-refractivity contribution in [2.24, 2.45) is 0 Å². The van der Waals surface area contributed by atoms with Crippen LogP contribution >= 0.6 is 11.8 Å². The van der Waals surface area contributed by atoms with Gasteiger partial charge in [-0.3, -0.25) is 0 Å². The molecule has 0 unspecified atom stereocenters. The number of hydrogen-bond donors (Lipinski definition) is 0. The predicted molar refractivity (Wildman–Crippen MR) is 72.4 cm³/mol. The summed E-state index contributed by atoms with van der Waals surface area (Å²) in [6.07, 6.45) is 2.59. The van der Waals surface area contributed by atoms with E-state index >= 15 is 0 Å². The van der Waals surface area contributed by atoms with Gasteiger partial charge in [0.2, 0.25) is 0 Å². The van der Waals surface area contributed by atoms with Crippen LogP contribution in [-0.4, -0.2) is 20.7 Å². The van der Waals surface area contributed by atoms with Crippen LogP contribution in [0, 0.1) is 0 Å². The second-order valence-corrected chi connectivity index (χ2v) is 7.37.